The maximum absolute atomic E-state index is 12.7. The fraction of sp³-hybridized carbons (Fsp3) is 0.500. The normalized spacial score (nSPS) is 18.0. The van der Waals surface area contributed by atoms with E-state index in [0.29, 0.717) is 18.4 Å². The first-order valence-corrected chi connectivity index (χ1v) is 6.07. The molecule has 1 aromatic rings. The van der Waals surface area contributed by atoms with Gasteiger partial charge in [0.1, 0.15) is 5.75 Å². The van der Waals surface area contributed by atoms with Gasteiger partial charge in [0.15, 0.2) is 0 Å². The molecule has 0 atom stereocenters. The van der Waals surface area contributed by atoms with Gasteiger partial charge in [-0.3, -0.25) is 0 Å². The molecule has 0 spiro atoms. The monoisotopic (exact) mass is 279 g/mol. The molecule has 0 bridgehead atoms. The van der Waals surface area contributed by atoms with Crippen molar-refractivity contribution >= 4 is 11.6 Å². The maximum atomic E-state index is 12.7. The molecule has 2 rings (SSSR count). The largest absolute Gasteiger partial charge is 0.506 e. The van der Waals surface area contributed by atoms with Crippen molar-refractivity contribution in [3.05, 3.63) is 28.3 Å². The standard InChI is InChI=1S/C12H13ClF3NO/c13-10-6-8(12(14,15)16)5-9(11(10)18)7-1-3-17-4-2-7/h5-7,17-18H,1-4H2. The highest BCUT2D eigenvalue weighted by molar-refractivity contribution is 6.32. The number of phenols is 1. The summed E-state index contributed by atoms with van der Waals surface area (Å²) >= 11 is 5.68. The van der Waals surface area contributed by atoms with Gasteiger partial charge in [-0.25, -0.2) is 0 Å². The molecule has 2 N–H and O–H groups in total. The van der Waals surface area contributed by atoms with Crippen LogP contribution in [0, 0.1) is 0 Å². The highest BCUT2D eigenvalue weighted by Gasteiger charge is 2.33. The highest BCUT2D eigenvalue weighted by Crippen LogP contribution is 2.41. The second-order valence-corrected chi connectivity index (χ2v) is 4.83. The summed E-state index contributed by atoms with van der Waals surface area (Å²) < 4.78 is 38.1. The first kappa shape index (κ1) is 13.5. The van der Waals surface area contributed by atoms with Gasteiger partial charge in [-0.1, -0.05) is 11.6 Å². The SMILES string of the molecule is Oc1c(Cl)cc(C(F)(F)F)cc1C1CCNCC1. The summed E-state index contributed by atoms with van der Waals surface area (Å²) in [5.41, 5.74) is -0.504. The van der Waals surface area contributed by atoms with Crippen molar-refractivity contribution in [3.63, 3.8) is 0 Å². The van der Waals surface area contributed by atoms with E-state index < -0.39 is 11.7 Å². The number of piperidine rings is 1. The molecule has 0 radical (unpaired) electrons. The van der Waals surface area contributed by atoms with E-state index >= 15 is 0 Å². The van der Waals surface area contributed by atoms with Crippen LogP contribution < -0.4 is 5.32 Å². The molecular formula is C12H13ClF3NO. The molecule has 1 aliphatic rings. The van der Waals surface area contributed by atoms with Crippen molar-refractivity contribution in [2.24, 2.45) is 0 Å². The van der Waals surface area contributed by atoms with E-state index in [-0.39, 0.29) is 16.7 Å². The minimum atomic E-state index is -4.45. The predicted octanol–water partition coefficient (Wildman–Crippen LogP) is 3.53. The number of rotatable bonds is 1. The van der Waals surface area contributed by atoms with Crippen molar-refractivity contribution in [1.29, 1.82) is 0 Å². The Bertz CT molecular complexity index is 442. The summed E-state index contributed by atoms with van der Waals surface area (Å²) in [6.07, 6.45) is -3.05. The zero-order valence-corrected chi connectivity index (χ0v) is 10.3. The molecule has 18 heavy (non-hydrogen) atoms. The van der Waals surface area contributed by atoms with Gasteiger partial charge in [-0.2, -0.15) is 13.2 Å². The van der Waals surface area contributed by atoms with E-state index in [1.807, 2.05) is 0 Å². The molecule has 0 saturated carbocycles. The lowest BCUT2D eigenvalue weighted by Crippen LogP contribution is -2.26. The average molecular weight is 280 g/mol. The van der Waals surface area contributed by atoms with Crippen molar-refractivity contribution in [1.82, 2.24) is 5.32 Å². The van der Waals surface area contributed by atoms with Gasteiger partial charge in [0.05, 0.1) is 10.6 Å². The fourth-order valence-electron chi connectivity index (χ4n) is 2.23. The molecule has 0 amide bonds. The van der Waals surface area contributed by atoms with Crippen LogP contribution in [0.25, 0.3) is 0 Å². The number of phenolic OH excluding ortho intramolecular Hbond substituents is 1. The van der Waals surface area contributed by atoms with Crippen molar-refractivity contribution < 1.29 is 18.3 Å². The summed E-state index contributed by atoms with van der Waals surface area (Å²) in [6, 6.07) is 1.78. The third kappa shape index (κ3) is 2.72. The number of aromatic hydroxyl groups is 1. The number of hydrogen-bond donors (Lipinski definition) is 2. The fourth-order valence-corrected chi connectivity index (χ4v) is 2.45. The van der Waals surface area contributed by atoms with E-state index in [0.717, 1.165) is 25.2 Å². The van der Waals surface area contributed by atoms with Crippen LogP contribution in [0.15, 0.2) is 12.1 Å². The molecule has 1 aliphatic heterocycles. The van der Waals surface area contributed by atoms with Gasteiger partial charge < -0.3 is 10.4 Å². The van der Waals surface area contributed by atoms with Gasteiger partial charge in [0, 0.05) is 0 Å². The summed E-state index contributed by atoms with van der Waals surface area (Å²) in [7, 11) is 0. The molecule has 1 heterocycles. The van der Waals surface area contributed by atoms with Crippen LogP contribution in [0.3, 0.4) is 0 Å². The first-order valence-electron chi connectivity index (χ1n) is 5.70. The zero-order valence-electron chi connectivity index (χ0n) is 9.52. The Morgan fingerprint density at radius 1 is 1.22 bits per heavy atom. The van der Waals surface area contributed by atoms with Crippen molar-refractivity contribution in [2.45, 2.75) is 24.9 Å². The highest BCUT2D eigenvalue weighted by atomic mass is 35.5. The number of halogens is 4. The quantitative estimate of drug-likeness (QED) is 0.824. The van der Waals surface area contributed by atoms with Crippen molar-refractivity contribution in [3.8, 4) is 5.75 Å². The third-order valence-corrected chi connectivity index (χ3v) is 3.49. The summed E-state index contributed by atoms with van der Waals surface area (Å²) in [4.78, 5) is 0. The van der Waals surface area contributed by atoms with Gasteiger partial charge in [0.25, 0.3) is 0 Å². The van der Waals surface area contributed by atoms with Crippen LogP contribution in [0.1, 0.15) is 29.9 Å². The molecule has 1 saturated heterocycles. The van der Waals surface area contributed by atoms with E-state index in [2.05, 4.69) is 5.32 Å². The van der Waals surface area contributed by atoms with Gasteiger partial charge in [0.2, 0.25) is 0 Å². The molecule has 0 aliphatic carbocycles. The molecule has 6 heteroatoms. The molecular weight excluding hydrogens is 267 g/mol. The minimum absolute atomic E-state index is 0.0777. The lowest BCUT2D eigenvalue weighted by Gasteiger charge is -2.24. The Morgan fingerprint density at radius 2 is 1.83 bits per heavy atom. The Hall–Kier alpha value is -0.940. The van der Waals surface area contributed by atoms with Crippen LogP contribution in [-0.2, 0) is 6.18 Å². The van der Waals surface area contributed by atoms with Gasteiger partial charge >= 0.3 is 6.18 Å². The van der Waals surface area contributed by atoms with Crippen LogP contribution in [-0.4, -0.2) is 18.2 Å². The topological polar surface area (TPSA) is 32.3 Å². The number of nitrogens with one attached hydrogen (secondary N) is 1. The maximum Gasteiger partial charge on any atom is 0.416 e. The zero-order chi connectivity index (χ0) is 13.3. The van der Waals surface area contributed by atoms with Gasteiger partial charge in [-0.05, 0) is 49.5 Å². The molecule has 1 fully saturated rings. The van der Waals surface area contributed by atoms with E-state index in [1.165, 1.54) is 0 Å². The van der Waals surface area contributed by atoms with Crippen LogP contribution in [0.4, 0.5) is 13.2 Å². The second-order valence-electron chi connectivity index (χ2n) is 4.42. The minimum Gasteiger partial charge on any atom is -0.506 e. The molecule has 0 unspecified atom stereocenters. The smallest absolute Gasteiger partial charge is 0.416 e. The van der Waals surface area contributed by atoms with Crippen LogP contribution >= 0.6 is 11.6 Å². The van der Waals surface area contributed by atoms with Crippen LogP contribution in [0.5, 0.6) is 5.75 Å². The summed E-state index contributed by atoms with van der Waals surface area (Å²) in [5, 5.41) is 12.7. The molecule has 2 nitrogen and oxygen atoms in total. The Kier molecular flexibility index (Phi) is 3.73. The van der Waals surface area contributed by atoms with Gasteiger partial charge in [-0.15, -0.1) is 0 Å². The molecule has 0 aromatic heterocycles. The predicted molar refractivity (Wildman–Crippen MR) is 63.0 cm³/mol. The van der Waals surface area contributed by atoms with Crippen LogP contribution in [0.2, 0.25) is 5.02 Å². The molecule has 100 valence electrons. The average Bonchev–Trinajstić information content (AvgIpc) is 2.32. The number of alkyl halides is 3. The number of benzene rings is 1. The third-order valence-electron chi connectivity index (χ3n) is 3.20. The Morgan fingerprint density at radius 3 is 2.39 bits per heavy atom. The Balaban J connectivity index is 2.42. The second kappa shape index (κ2) is 4.97. The summed E-state index contributed by atoms with van der Waals surface area (Å²) in [6.45, 7) is 1.47. The van der Waals surface area contributed by atoms with Crippen molar-refractivity contribution in [2.75, 3.05) is 13.1 Å². The van der Waals surface area contributed by atoms with E-state index in [4.69, 9.17) is 11.6 Å². The molecule has 1 aromatic carbocycles. The first-order chi connectivity index (χ1) is 8.39. The number of hydrogen-bond acceptors (Lipinski definition) is 2. The van der Waals surface area contributed by atoms with E-state index in [1.54, 1.807) is 0 Å². The Labute approximate surface area is 108 Å². The van der Waals surface area contributed by atoms with E-state index in [9.17, 15) is 18.3 Å². The lowest BCUT2D eigenvalue weighted by molar-refractivity contribution is -0.137. The lowest BCUT2D eigenvalue weighted by atomic mass is 9.88. The summed E-state index contributed by atoms with van der Waals surface area (Å²) in [5.74, 6) is -0.303.